The smallest absolute Gasteiger partial charge is 0.326 e. The molecule has 2 aromatic heterocycles. The lowest BCUT2D eigenvalue weighted by molar-refractivity contribution is -0.139. The number of nitrogens with one attached hydrogen (secondary N) is 1. The number of phenolic OH excluding ortho intramolecular Hbond substituents is 1. The summed E-state index contributed by atoms with van der Waals surface area (Å²) in [6, 6.07) is 5.20. The zero-order valence-corrected chi connectivity index (χ0v) is 14.6. The van der Waals surface area contributed by atoms with Crippen molar-refractivity contribution in [1.82, 2.24) is 14.7 Å². The predicted octanol–water partition coefficient (Wildman–Crippen LogP) is 2.40. The van der Waals surface area contributed by atoms with Crippen LogP contribution in [0.2, 0.25) is 0 Å². The molecule has 1 aliphatic carbocycles. The number of carbonyl (C=O) groups is 2. The van der Waals surface area contributed by atoms with Crippen LogP contribution in [-0.4, -0.2) is 37.5 Å². The lowest BCUT2D eigenvalue weighted by atomic mass is 10.1. The molecule has 26 heavy (non-hydrogen) atoms. The summed E-state index contributed by atoms with van der Waals surface area (Å²) in [5.74, 6) is -1.14. The summed E-state index contributed by atoms with van der Waals surface area (Å²) in [6.45, 7) is 0. The van der Waals surface area contributed by atoms with E-state index in [2.05, 4.69) is 10.3 Å². The van der Waals surface area contributed by atoms with Crippen LogP contribution in [0.5, 0.6) is 5.75 Å². The van der Waals surface area contributed by atoms with Crippen LogP contribution in [0.25, 0.3) is 4.96 Å². The number of phenols is 1. The third kappa shape index (κ3) is 3.15. The van der Waals surface area contributed by atoms with E-state index in [1.807, 2.05) is 5.38 Å². The van der Waals surface area contributed by atoms with Crippen LogP contribution < -0.4 is 5.32 Å². The number of aliphatic carboxylic acids is 1. The molecular weight excluding hydrogens is 354 g/mol. The number of thiazole rings is 1. The number of fused-ring (bicyclic) bond motifs is 1. The Kier molecular flexibility index (Phi) is 4.12. The normalized spacial score (nSPS) is 15.1. The Morgan fingerprint density at radius 3 is 2.69 bits per heavy atom. The van der Waals surface area contributed by atoms with Crippen LogP contribution in [-0.2, 0) is 11.2 Å². The number of hydrogen-bond acceptors (Lipinski definition) is 5. The Bertz CT molecular complexity index is 972. The van der Waals surface area contributed by atoms with Crippen molar-refractivity contribution in [3.8, 4) is 5.75 Å². The second-order valence-electron chi connectivity index (χ2n) is 6.41. The highest BCUT2D eigenvalue weighted by Crippen LogP contribution is 2.41. The zero-order chi connectivity index (χ0) is 18.3. The molecule has 1 aliphatic rings. The molecule has 0 spiro atoms. The first-order valence-corrected chi connectivity index (χ1v) is 9.18. The van der Waals surface area contributed by atoms with E-state index in [4.69, 9.17) is 0 Å². The molecule has 2 heterocycles. The van der Waals surface area contributed by atoms with E-state index < -0.39 is 17.9 Å². The summed E-state index contributed by atoms with van der Waals surface area (Å²) in [5, 5.41) is 23.3. The SMILES string of the molecule is O=C(N[C@@H](Cc1ccc(O)cc1)C(=O)O)c1c(C2CC2)nc2sccn12. The van der Waals surface area contributed by atoms with E-state index in [1.165, 1.54) is 23.5 Å². The molecular formula is C18H17N3O4S. The molecule has 1 aromatic carbocycles. The number of rotatable bonds is 6. The average Bonchev–Trinajstić information content (AvgIpc) is 3.24. The van der Waals surface area contributed by atoms with Crippen LogP contribution in [0.15, 0.2) is 35.8 Å². The Labute approximate surface area is 152 Å². The molecule has 8 heteroatoms. The number of aromatic hydroxyl groups is 1. The number of carboxylic acids is 1. The Hall–Kier alpha value is -2.87. The second-order valence-corrected chi connectivity index (χ2v) is 7.28. The van der Waals surface area contributed by atoms with Crippen LogP contribution in [0.1, 0.15) is 40.5 Å². The number of amides is 1. The fourth-order valence-corrected chi connectivity index (χ4v) is 3.69. The van der Waals surface area contributed by atoms with Gasteiger partial charge in [-0.3, -0.25) is 9.20 Å². The summed E-state index contributed by atoms with van der Waals surface area (Å²) in [7, 11) is 0. The van der Waals surface area contributed by atoms with Gasteiger partial charge >= 0.3 is 5.97 Å². The molecule has 1 amide bonds. The van der Waals surface area contributed by atoms with Crippen molar-refractivity contribution < 1.29 is 19.8 Å². The summed E-state index contributed by atoms with van der Waals surface area (Å²) >= 11 is 1.45. The van der Waals surface area contributed by atoms with Gasteiger partial charge < -0.3 is 15.5 Å². The Balaban J connectivity index is 1.59. The minimum Gasteiger partial charge on any atom is -0.508 e. The first-order chi connectivity index (χ1) is 12.5. The van der Waals surface area contributed by atoms with Gasteiger partial charge in [0.15, 0.2) is 4.96 Å². The molecule has 1 atom stereocenters. The van der Waals surface area contributed by atoms with Gasteiger partial charge in [0.05, 0.1) is 5.69 Å². The van der Waals surface area contributed by atoms with Crippen LogP contribution in [0.3, 0.4) is 0 Å². The zero-order valence-electron chi connectivity index (χ0n) is 13.8. The summed E-state index contributed by atoms with van der Waals surface area (Å²) < 4.78 is 1.73. The van der Waals surface area contributed by atoms with Crippen molar-refractivity contribution in [2.45, 2.75) is 31.2 Å². The monoisotopic (exact) mass is 371 g/mol. The van der Waals surface area contributed by atoms with Crippen molar-refractivity contribution >= 4 is 28.2 Å². The first kappa shape index (κ1) is 16.6. The minimum absolute atomic E-state index is 0.109. The second kappa shape index (κ2) is 6.45. The molecule has 7 nitrogen and oxygen atoms in total. The van der Waals surface area contributed by atoms with Gasteiger partial charge in [-0.05, 0) is 30.5 Å². The minimum atomic E-state index is -1.11. The number of aromatic nitrogens is 2. The molecule has 3 aromatic rings. The lowest BCUT2D eigenvalue weighted by Crippen LogP contribution is -2.43. The Morgan fingerprint density at radius 1 is 1.31 bits per heavy atom. The average molecular weight is 371 g/mol. The summed E-state index contributed by atoms with van der Waals surface area (Å²) in [5.41, 5.74) is 1.90. The van der Waals surface area contributed by atoms with Crippen LogP contribution >= 0.6 is 11.3 Å². The van der Waals surface area contributed by atoms with E-state index >= 15 is 0 Å². The quantitative estimate of drug-likeness (QED) is 0.617. The van der Waals surface area contributed by atoms with E-state index in [-0.39, 0.29) is 18.1 Å². The number of benzene rings is 1. The van der Waals surface area contributed by atoms with E-state index in [1.54, 1.807) is 22.7 Å². The fourth-order valence-electron chi connectivity index (χ4n) is 2.96. The van der Waals surface area contributed by atoms with Gasteiger partial charge in [0.25, 0.3) is 5.91 Å². The third-order valence-electron chi connectivity index (χ3n) is 4.45. The van der Waals surface area contributed by atoms with Gasteiger partial charge in [0.2, 0.25) is 0 Å². The number of carbonyl (C=O) groups excluding carboxylic acids is 1. The Morgan fingerprint density at radius 2 is 2.04 bits per heavy atom. The molecule has 4 rings (SSSR count). The maximum absolute atomic E-state index is 12.9. The van der Waals surface area contributed by atoms with Gasteiger partial charge in [-0.2, -0.15) is 0 Å². The van der Waals surface area contributed by atoms with Crippen molar-refractivity contribution in [3.05, 3.63) is 52.8 Å². The van der Waals surface area contributed by atoms with Crippen molar-refractivity contribution in [2.24, 2.45) is 0 Å². The number of imidazole rings is 1. The third-order valence-corrected chi connectivity index (χ3v) is 5.20. The standard InChI is InChI=1S/C18H17N3O4S/c22-12-5-1-10(2-6-12)9-13(17(24)25)19-16(23)15-14(11-3-4-11)20-18-21(15)7-8-26-18/h1-2,5-8,11,13,22H,3-4,9H2,(H,19,23)(H,24,25)/t13-/m0/s1. The van der Waals surface area contributed by atoms with Gasteiger partial charge in [-0.25, -0.2) is 9.78 Å². The predicted molar refractivity (Wildman–Crippen MR) is 95.7 cm³/mol. The fraction of sp³-hybridized carbons (Fsp3) is 0.278. The van der Waals surface area contributed by atoms with Crippen LogP contribution in [0, 0.1) is 0 Å². The molecule has 134 valence electrons. The summed E-state index contributed by atoms with van der Waals surface area (Å²) in [4.78, 5) is 29.8. The van der Waals surface area contributed by atoms with Crippen molar-refractivity contribution in [3.63, 3.8) is 0 Å². The van der Waals surface area contributed by atoms with Gasteiger partial charge in [-0.15, -0.1) is 11.3 Å². The largest absolute Gasteiger partial charge is 0.508 e. The first-order valence-electron chi connectivity index (χ1n) is 8.30. The topological polar surface area (TPSA) is 104 Å². The van der Waals surface area contributed by atoms with E-state index in [9.17, 15) is 19.8 Å². The molecule has 0 unspecified atom stereocenters. The van der Waals surface area contributed by atoms with Gasteiger partial charge in [0, 0.05) is 23.9 Å². The molecule has 0 bridgehead atoms. The van der Waals surface area contributed by atoms with Gasteiger partial charge in [0.1, 0.15) is 17.5 Å². The van der Waals surface area contributed by atoms with Crippen LogP contribution in [0.4, 0.5) is 0 Å². The highest BCUT2D eigenvalue weighted by atomic mass is 32.1. The number of hydrogen-bond donors (Lipinski definition) is 3. The maximum Gasteiger partial charge on any atom is 0.326 e. The molecule has 0 aliphatic heterocycles. The molecule has 1 fully saturated rings. The molecule has 0 radical (unpaired) electrons. The maximum atomic E-state index is 12.9. The molecule has 0 saturated heterocycles. The molecule has 1 saturated carbocycles. The van der Waals surface area contributed by atoms with E-state index in [0.29, 0.717) is 11.3 Å². The number of nitrogens with zero attached hydrogens (tertiary/aromatic N) is 2. The molecule has 3 N–H and O–H groups in total. The van der Waals surface area contributed by atoms with E-state index in [0.717, 1.165) is 23.5 Å². The summed E-state index contributed by atoms with van der Waals surface area (Å²) in [6.07, 6.45) is 3.91. The lowest BCUT2D eigenvalue weighted by Gasteiger charge is -2.15. The number of carboxylic acid groups (broad SMARTS) is 1. The highest BCUT2D eigenvalue weighted by molar-refractivity contribution is 7.15. The highest BCUT2D eigenvalue weighted by Gasteiger charge is 2.34. The van der Waals surface area contributed by atoms with Crippen molar-refractivity contribution in [2.75, 3.05) is 0 Å². The van der Waals surface area contributed by atoms with Gasteiger partial charge in [-0.1, -0.05) is 12.1 Å². The van der Waals surface area contributed by atoms with Crippen molar-refractivity contribution in [1.29, 1.82) is 0 Å².